The Balaban J connectivity index is 1.44. The first-order valence-corrected chi connectivity index (χ1v) is 12.2. The number of sulfone groups is 1. The highest BCUT2D eigenvalue weighted by atomic mass is 32.2. The summed E-state index contributed by atoms with van der Waals surface area (Å²) in [5.41, 5.74) is 2.03. The maximum absolute atomic E-state index is 12.8. The first kappa shape index (κ1) is 19.8. The van der Waals surface area contributed by atoms with Gasteiger partial charge in [0.15, 0.2) is 0 Å². The lowest BCUT2D eigenvalue weighted by Gasteiger charge is -2.07. The summed E-state index contributed by atoms with van der Waals surface area (Å²) in [6.45, 7) is 2.57. The molecule has 0 saturated heterocycles. The van der Waals surface area contributed by atoms with Crippen LogP contribution in [0.5, 0.6) is 0 Å². The van der Waals surface area contributed by atoms with Crippen molar-refractivity contribution in [2.24, 2.45) is 0 Å². The van der Waals surface area contributed by atoms with Gasteiger partial charge < -0.3 is 0 Å². The Labute approximate surface area is 177 Å². The van der Waals surface area contributed by atoms with E-state index in [0.717, 1.165) is 16.3 Å². The summed E-state index contributed by atoms with van der Waals surface area (Å²) in [4.78, 5) is 1.78. The van der Waals surface area contributed by atoms with E-state index in [-0.39, 0.29) is 4.90 Å². The lowest BCUT2D eigenvalue weighted by Crippen LogP contribution is -2.03. The molecule has 2 aromatic carbocycles. The summed E-state index contributed by atoms with van der Waals surface area (Å²) < 4.78 is 27.3. The molecule has 0 bridgehead atoms. The quantitative estimate of drug-likeness (QED) is 0.399. The second kappa shape index (κ2) is 8.48. The zero-order valence-electron chi connectivity index (χ0n) is 15.6. The van der Waals surface area contributed by atoms with E-state index in [1.165, 1.54) is 16.6 Å². The number of hydrogen-bond acceptors (Lipinski definition) is 7. The van der Waals surface area contributed by atoms with Crippen molar-refractivity contribution in [1.82, 2.24) is 20.2 Å². The Kier molecular flexibility index (Phi) is 5.79. The Bertz CT molecular complexity index is 1180. The summed E-state index contributed by atoms with van der Waals surface area (Å²) in [6.07, 6.45) is 0. The van der Waals surface area contributed by atoms with Crippen molar-refractivity contribution < 1.29 is 8.42 Å². The lowest BCUT2D eigenvalue weighted by molar-refractivity contribution is 0.596. The molecule has 0 fully saturated rings. The van der Waals surface area contributed by atoms with Crippen LogP contribution in [0.25, 0.3) is 0 Å². The second-order valence-corrected chi connectivity index (χ2v) is 10.4. The minimum Gasteiger partial charge on any atom is -0.219 e. The molecule has 0 aliphatic rings. The maximum Gasteiger partial charge on any atom is 0.209 e. The maximum atomic E-state index is 12.8. The highest BCUT2D eigenvalue weighted by Crippen LogP contribution is 2.25. The Morgan fingerprint density at radius 1 is 1.00 bits per heavy atom. The molecule has 0 N–H and O–H groups in total. The molecule has 6 nitrogen and oxygen atoms in total. The van der Waals surface area contributed by atoms with Crippen LogP contribution in [0, 0.1) is 6.92 Å². The van der Waals surface area contributed by atoms with Crippen LogP contribution >= 0.6 is 23.1 Å². The highest BCUT2D eigenvalue weighted by molar-refractivity contribution is 7.98. The van der Waals surface area contributed by atoms with Gasteiger partial charge in [-0.1, -0.05) is 47.7 Å². The number of benzene rings is 2. The summed E-state index contributed by atoms with van der Waals surface area (Å²) in [5, 5.41) is 14.7. The predicted molar refractivity (Wildman–Crippen MR) is 114 cm³/mol. The van der Waals surface area contributed by atoms with Crippen molar-refractivity contribution in [3.8, 4) is 0 Å². The lowest BCUT2D eigenvalue weighted by atomic mass is 10.2. The van der Waals surface area contributed by atoms with E-state index in [9.17, 15) is 8.42 Å². The molecule has 0 aliphatic carbocycles. The number of tetrazole rings is 1. The molecule has 4 rings (SSSR count). The molecular formula is C20H18N4O2S3. The fraction of sp³-hybridized carbons (Fsp3) is 0.150. The van der Waals surface area contributed by atoms with Gasteiger partial charge in [0.2, 0.25) is 15.0 Å². The van der Waals surface area contributed by atoms with Gasteiger partial charge in [0, 0.05) is 10.6 Å². The number of aryl methyl sites for hydroxylation is 1. The van der Waals surface area contributed by atoms with Crippen molar-refractivity contribution in [3.63, 3.8) is 0 Å². The fourth-order valence-electron chi connectivity index (χ4n) is 2.72. The van der Waals surface area contributed by atoms with Crippen LogP contribution in [-0.2, 0) is 22.1 Å². The van der Waals surface area contributed by atoms with E-state index in [4.69, 9.17) is 0 Å². The molecule has 9 heteroatoms. The van der Waals surface area contributed by atoms with Gasteiger partial charge in [-0.15, -0.1) is 16.4 Å². The van der Waals surface area contributed by atoms with Crippen molar-refractivity contribution >= 4 is 32.9 Å². The Morgan fingerprint density at radius 2 is 1.69 bits per heavy atom. The SMILES string of the molecule is Cc1ccc(S(=O)(=O)c2ccc(CSc3nnnn3Cc3cccs3)cc2)cc1. The van der Waals surface area contributed by atoms with Crippen molar-refractivity contribution in [3.05, 3.63) is 82.0 Å². The third-order valence-electron chi connectivity index (χ3n) is 4.32. The third kappa shape index (κ3) is 4.58. The van der Waals surface area contributed by atoms with Gasteiger partial charge >= 0.3 is 0 Å². The van der Waals surface area contributed by atoms with Gasteiger partial charge in [0.05, 0.1) is 16.3 Å². The third-order valence-corrected chi connectivity index (χ3v) is 7.99. The van der Waals surface area contributed by atoms with E-state index in [1.54, 1.807) is 52.4 Å². The monoisotopic (exact) mass is 442 g/mol. The van der Waals surface area contributed by atoms with Gasteiger partial charge in [0.25, 0.3) is 0 Å². The van der Waals surface area contributed by atoms with Gasteiger partial charge in [-0.2, -0.15) is 0 Å². The van der Waals surface area contributed by atoms with E-state index in [1.807, 2.05) is 36.6 Å². The van der Waals surface area contributed by atoms with Gasteiger partial charge in [-0.25, -0.2) is 13.1 Å². The Hall–Kier alpha value is -2.49. The van der Waals surface area contributed by atoms with E-state index < -0.39 is 9.84 Å². The molecule has 0 amide bonds. The molecule has 0 spiro atoms. The average molecular weight is 443 g/mol. The summed E-state index contributed by atoms with van der Waals surface area (Å²) in [5.74, 6) is 0.648. The zero-order chi connectivity index (χ0) is 20.3. The molecule has 29 heavy (non-hydrogen) atoms. The van der Waals surface area contributed by atoms with Crippen LogP contribution in [0.15, 0.2) is 81.0 Å². The summed E-state index contributed by atoms with van der Waals surface area (Å²) in [7, 11) is -3.51. The summed E-state index contributed by atoms with van der Waals surface area (Å²) in [6, 6.07) is 17.9. The Morgan fingerprint density at radius 3 is 2.34 bits per heavy atom. The minimum absolute atomic E-state index is 0.289. The zero-order valence-corrected chi connectivity index (χ0v) is 18.0. The van der Waals surface area contributed by atoms with Crippen LogP contribution in [0.3, 0.4) is 0 Å². The largest absolute Gasteiger partial charge is 0.219 e. The van der Waals surface area contributed by atoms with Gasteiger partial charge in [-0.05, 0) is 58.6 Å². The van der Waals surface area contributed by atoms with Crippen molar-refractivity contribution in [2.75, 3.05) is 0 Å². The van der Waals surface area contributed by atoms with Crippen LogP contribution < -0.4 is 0 Å². The minimum atomic E-state index is -3.51. The number of nitrogens with zero attached hydrogens (tertiary/aromatic N) is 4. The van der Waals surface area contributed by atoms with Crippen LogP contribution in [0.2, 0.25) is 0 Å². The molecule has 4 aromatic rings. The first-order chi connectivity index (χ1) is 14.0. The predicted octanol–water partition coefficient (Wildman–Crippen LogP) is 4.22. The average Bonchev–Trinajstić information content (AvgIpc) is 3.39. The second-order valence-electron chi connectivity index (χ2n) is 6.45. The van der Waals surface area contributed by atoms with E-state index >= 15 is 0 Å². The van der Waals surface area contributed by atoms with Gasteiger partial charge in [-0.3, -0.25) is 0 Å². The van der Waals surface area contributed by atoms with Crippen molar-refractivity contribution in [1.29, 1.82) is 0 Å². The summed E-state index contributed by atoms with van der Waals surface area (Å²) >= 11 is 3.19. The molecule has 0 aliphatic heterocycles. The molecular weight excluding hydrogens is 424 g/mol. The van der Waals surface area contributed by atoms with Gasteiger partial charge in [0.1, 0.15) is 0 Å². The molecule has 0 saturated carbocycles. The fourth-order valence-corrected chi connectivity index (χ4v) is 5.49. The number of aromatic nitrogens is 4. The topological polar surface area (TPSA) is 77.7 Å². The number of hydrogen-bond donors (Lipinski definition) is 0. The number of rotatable bonds is 7. The van der Waals surface area contributed by atoms with Crippen LogP contribution in [0.4, 0.5) is 0 Å². The molecule has 0 atom stereocenters. The standard InChI is InChI=1S/C20H18N4O2S3/c1-15-4-8-18(9-5-15)29(25,26)19-10-6-16(7-11-19)14-28-20-21-22-23-24(20)13-17-3-2-12-27-17/h2-12H,13-14H2,1H3. The highest BCUT2D eigenvalue weighted by Gasteiger charge is 2.17. The molecule has 0 radical (unpaired) electrons. The van der Waals surface area contributed by atoms with E-state index in [2.05, 4.69) is 15.5 Å². The van der Waals surface area contributed by atoms with E-state index in [0.29, 0.717) is 17.2 Å². The molecule has 2 heterocycles. The molecule has 2 aromatic heterocycles. The molecule has 0 unspecified atom stereocenters. The normalized spacial score (nSPS) is 11.6. The van der Waals surface area contributed by atoms with Crippen molar-refractivity contribution in [2.45, 2.75) is 34.2 Å². The first-order valence-electron chi connectivity index (χ1n) is 8.84. The molecule has 148 valence electrons. The smallest absolute Gasteiger partial charge is 0.209 e. The number of thiophene rings is 1. The number of thioether (sulfide) groups is 1. The van der Waals surface area contributed by atoms with Crippen LogP contribution in [0.1, 0.15) is 16.0 Å². The van der Waals surface area contributed by atoms with Crippen LogP contribution in [-0.4, -0.2) is 28.6 Å².